The van der Waals surface area contributed by atoms with Crippen molar-refractivity contribution in [1.82, 2.24) is 14.5 Å². The van der Waals surface area contributed by atoms with Crippen LogP contribution in [-0.2, 0) is 21.4 Å². The van der Waals surface area contributed by atoms with Crippen molar-refractivity contribution in [1.29, 1.82) is 0 Å². The van der Waals surface area contributed by atoms with E-state index in [9.17, 15) is 37.8 Å². The lowest BCUT2D eigenvalue weighted by Crippen LogP contribution is -2.58. The number of hydrogen-bond donors (Lipinski definition) is 1. The third-order valence-electron chi connectivity index (χ3n) is 7.32. The summed E-state index contributed by atoms with van der Waals surface area (Å²) in [6, 6.07) is 13.1. The molecule has 1 amide bonds. The molecule has 1 heterocycles. The summed E-state index contributed by atoms with van der Waals surface area (Å²) in [4.78, 5) is 37.6. The van der Waals surface area contributed by atoms with Gasteiger partial charge in [0.15, 0.2) is 4.90 Å². The van der Waals surface area contributed by atoms with Crippen molar-refractivity contribution in [2.24, 2.45) is 0 Å². The van der Waals surface area contributed by atoms with E-state index in [0.29, 0.717) is 36.3 Å². The maximum atomic E-state index is 13.6. The van der Waals surface area contributed by atoms with E-state index in [1.54, 1.807) is 29.2 Å². The van der Waals surface area contributed by atoms with Gasteiger partial charge in [-0.15, -0.1) is 0 Å². The van der Waals surface area contributed by atoms with Crippen molar-refractivity contribution in [3.05, 3.63) is 109 Å². The van der Waals surface area contributed by atoms with Crippen molar-refractivity contribution in [3.8, 4) is 0 Å². The SMILES string of the molecule is C[C@@H]1CN(C(=O)CC(NS(=O)(=O)c2ccc([N+](=O)[O-])cc2[N+](=O)[O-])c2ccc(Cl)cc2)[C@@H](C)CN1Cc1ccc(F)cc1. The number of sulfonamides is 1. The van der Waals surface area contributed by atoms with Gasteiger partial charge in [-0.3, -0.25) is 29.9 Å². The topological polar surface area (TPSA) is 156 Å². The highest BCUT2D eigenvalue weighted by molar-refractivity contribution is 7.89. The average molecular weight is 634 g/mol. The number of carbonyl (C=O) groups excluding carboxylic acids is 1. The zero-order chi connectivity index (χ0) is 31.5. The third kappa shape index (κ3) is 7.70. The van der Waals surface area contributed by atoms with E-state index in [-0.39, 0.29) is 30.2 Å². The molecule has 0 bridgehead atoms. The summed E-state index contributed by atoms with van der Waals surface area (Å²) in [6.45, 7) is 5.28. The van der Waals surface area contributed by atoms with Crippen LogP contribution in [0.3, 0.4) is 0 Å². The van der Waals surface area contributed by atoms with Gasteiger partial charge in [-0.05, 0) is 55.3 Å². The van der Waals surface area contributed by atoms with Gasteiger partial charge in [-0.25, -0.2) is 17.5 Å². The van der Waals surface area contributed by atoms with Gasteiger partial charge in [-0.2, -0.15) is 0 Å². The van der Waals surface area contributed by atoms with Crippen molar-refractivity contribution in [2.75, 3.05) is 13.1 Å². The van der Waals surface area contributed by atoms with E-state index in [1.807, 2.05) is 13.8 Å². The predicted octanol–water partition coefficient (Wildman–Crippen LogP) is 4.83. The van der Waals surface area contributed by atoms with Crippen LogP contribution in [0.15, 0.2) is 71.6 Å². The molecule has 0 radical (unpaired) electrons. The number of nitro groups is 2. The highest BCUT2D eigenvalue weighted by Gasteiger charge is 2.35. The monoisotopic (exact) mass is 633 g/mol. The summed E-state index contributed by atoms with van der Waals surface area (Å²) in [6.07, 6.45) is -0.309. The lowest BCUT2D eigenvalue weighted by Gasteiger charge is -2.44. The standard InChI is InChI=1S/C28H29ClFN5O7S/c1-18-16-33(19(2)15-32(18)17-20-3-9-23(30)10-4-20)28(36)14-25(21-5-7-22(29)8-6-21)31-43(41,42)27-12-11-24(34(37)38)13-26(27)35(39)40/h3-13,18-19,25,31H,14-17H2,1-2H3/t18-,19+,25?/m1/s1. The van der Waals surface area contributed by atoms with E-state index in [0.717, 1.165) is 17.7 Å². The number of carbonyl (C=O) groups is 1. The Kier molecular flexibility index (Phi) is 9.75. The Morgan fingerprint density at radius 3 is 2.26 bits per heavy atom. The van der Waals surface area contributed by atoms with Crippen LogP contribution in [-0.4, -0.2) is 59.1 Å². The summed E-state index contributed by atoms with van der Waals surface area (Å²) < 4.78 is 42.6. The average Bonchev–Trinajstić information content (AvgIpc) is 2.95. The molecule has 3 aromatic rings. The van der Waals surface area contributed by atoms with E-state index in [2.05, 4.69) is 9.62 Å². The Bertz CT molecular complexity index is 1620. The van der Waals surface area contributed by atoms with Gasteiger partial charge in [-0.1, -0.05) is 35.9 Å². The number of halogens is 2. The third-order valence-corrected chi connectivity index (χ3v) is 9.09. The molecule has 3 atom stereocenters. The molecule has 0 spiro atoms. The summed E-state index contributed by atoms with van der Waals surface area (Å²) in [5.41, 5.74) is -0.293. The van der Waals surface area contributed by atoms with Gasteiger partial charge in [0.2, 0.25) is 15.9 Å². The van der Waals surface area contributed by atoms with Crippen LogP contribution in [0.5, 0.6) is 0 Å². The van der Waals surface area contributed by atoms with E-state index < -0.39 is 42.2 Å². The molecular formula is C28H29ClFN5O7S. The first-order valence-electron chi connectivity index (χ1n) is 13.2. The lowest BCUT2D eigenvalue weighted by molar-refractivity contribution is -0.396. The quantitative estimate of drug-likeness (QED) is 0.246. The van der Waals surface area contributed by atoms with Crippen LogP contribution in [0.1, 0.15) is 37.4 Å². The molecule has 43 heavy (non-hydrogen) atoms. The number of nitrogens with one attached hydrogen (secondary N) is 1. The molecule has 4 rings (SSSR count). The largest absolute Gasteiger partial charge is 0.337 e. The van der Waals surface area contributed by atoms with Crippen molar-refractivity contribution in [3.63, 3.8) is 0 Å². The molecule has 1 unspecified atom stereocenters. The molecule has 15 heteroatoms. The second kappa shape index (κ2) is 13.1. The smallest absolute Gasteiger partial charge is 0.296 e. The lowest BCUT2D eigenvalue weighted by atomic mass is 10.0. The van der Waals surface area contributed by atoms with E-state index in [1.165, 1.54) is 24.3 Å². The van der Waals surface area contributed by atoms with Crippen LogP contribution in [0.2, 0.25) is 5.02 Å². The van der Waals surface area contributed by atoms with Crippen LogP contribution >= 0.6 is 11.6 Å². The summed E-state index contributed by atoms with van der Waals surface area (Å²) in [7, 11) is -4.64. The predicted molar refractivity (Wildman–Crippen MR) is 156 cm³/mol. The second-order valence-electron chi connectivity index (χ2n) is 10.4. The number of nitro benzene ring substituents is 2. The zero-order valence-corrected chi connectivity index (χ0v) is 24.8. The fraction of sp³-hybridized carbons (Fsp3) is 0.321. The highest BCUT2D eigenvalue weighted by Crippen LogP contribution is 2.31. The Hall–Kier alpha value is -3.98. The van der Waals surface area contributed by atoms with Gasteiger partial charge in [0, 0.05) is 49.2 Å². The van der Waals surface area contributed by atoms with Gasteiger partial charge in [0.05, 0.1) is 22.0 Å². The second-order valence-corrected chi connectivity index (χ2v) is 12.5. The molecule has 1 aliphatic rings. The van der Waals surface area contributed by atoms with Gasteiger partial charge in [0.25, 0.3) is 11.4 Å². The van der Waals surface area contributed by atoms with Crippen LogP contribution in [0.25, 0.3) is 0 Å². The molecule has 1 N–H and O–H groups in total. The molecule has 0 aliphatic carbocycles. The molecule has 12 nitrogen and oxygen atoms in total. The number of amides is 1. The molecule has 3 aromatic carbocycles. The molecule has 1 saturated heterocycles. The maximum Gasteiger partial charge on any atom is 0.296 e. The Labute approximate surface area is 252 Å². The summed E-state index contributed by atoms with van der Waals surface area (Å²) in [5.74, 6) is -0.670. The molecule has 0 aromatic heterocycles. The number of rotatable bonds is 10. The first kappa shape index (κ1) is 31.9. The Morgan fingerprint density at radius 2 is 1.65 bits per heavy atom. The molecule has 0 saturated carbocycles. The summed E-state index contributed by atoms with van der Waals surface area (Å²) >= 11 is 6.02. The van der Waals surface area contributed by atoms with Crippen molar-refractivity contribution in [2.45, 2.75) is 49.8 Å². The Morgan fingerprint density at radius 1 is 1.00 bits per heavy atom. The van der Waals surface area contributed by atoms with Gasteiger partial charge < -0.3 is 4.90 Å². The van der Waals surface area contributed by atoms with Crippen LogP contribution < -0.4 is 4.72 Å². The van der Waals surface area contributed by atoms with Gasteiger partial charge in [0.1, 0.15) is 5.82 Å². The number of nitrogens with zero attached hydrogens (tertiary/aromatic N) is 4. The van der Waals surface area contributed by atoms with Crippen molar-refractivity contribution >= 4 is 38.9 Å². The minimum Gasteiger partial charge on any atom is -0.337 e. The molecule has 228 valence electrons. The minimum absolute atomic E-state index is 0.0568. The number of benzene rings is 3. The molecular weight excluding hydrogens is 605 g/mol. The zero-order valence-electron chi connectivity index (χ0n) is 23.2. The summed E-state index contributed by atoms with van der Waals surface area (Å²) in [5, 5.41) is 23.1. The molecule has 1 fully saturated rings. The first-order chi connectivity index (χ1) is 20.2. The first-order valence-corrected chi connectivity index (χ1v) is 15.1. The molecule has 1 aliphatic heterocycles. The number of piperazine rings is 1. The Balaban J connectivity index is 1.57. The normalized spacial score (nSPS) is 18.3. The minimum atomic E-state index is -4.64. The van der Waals surface area contributed by atoms with Crippen LogP contribution in [0, 0.1) is 26.0 Å². The van der Waals surface area contributed by atoms with E-state index >= 15 is 0 Å². The highest BCUT2D eigenvalue weighted by atomic mass is 35.5. The maximum absolute atomic E-state index is 13.6. The fourth-order valence-corrected chi connectivity index (χ4v) is 6.55. The fourth-order valence-electron chi connectivity index (χ4n) is 5.04. The van der Waals surface area contributed by atoms with Crippen molar-refractivity contribution < 1.29 is 27.4 Å². The number of hydrogen-bond acceptors (Lipinski definition) is 8. The van der Waals surface area contributed by atoms with E-state index in [4.69, 9.17) is 11.6 Å². The van der Waals surface area contributed by atoms with Gasteiger partial charge >= 0.3 is 0 Å². The van der Waals surface area contributed by atoms with Crippen LogP contribution in [0.4, 0.5) is 15.8 Å². The number of non-ortho nitro benzene ring substituents is 1.